The van der Waals surface area contributed by atoms with Crippen LogP contribution in [0.2, 0.25) is 0 Å². The second-order valence-electron chi connectivity index (χ2n) is 10.4. The Morgan fingerprint density at radius 3 is 2.03 bits per heavy atom. The Kier molecular flexibility index (Phi) is 7.98. The monoisotopic (exact) mass is 517 g/mol. The highest BCUT2D eigenvalue weighted by atomic mass is 16.5. The summed E-state index contributed by atoms with van der Waals surface area (Å²) in [6, 6.07) is 22.2. The van der Waals surface area contributed by atoms with Crippen LogP contribution in [0.1, 0.15) is 25.7 Å². The molecule has 8 nitrogen and oxygen atoms in total. The minimum atomic E-state index is -1.26. The molecule has 3 aromatic rings. The molecule has 200 valence electrons. The molecular weight excluding hydrogens is 482 g/mol. The van der Waals surface area contributed by atoms with E-state index in [1.807, 2.05) is 0 Å². The van der Waals surface area contributed by atoms with Crippen LogP contribution in [0.3, 0.4) is 0 Å². The number of anilines is 1. The summed E-state index contributed by atoms with van der Waals surface area (Å²) >= 11 is 0. The number of benzene rings is 2. The molecule has 2 aromatic carbocycles. The molecule has 3 N–H and O–H groups in total. The number of carboxylic acid groups (broad SMARTS) is 2. The second-order valence-corrected chi connectivity index (χ2v) is 10.4. The van der Waals surface area contributed by atoms with E-state index in [0.29, 0.717) is 18.3 Å². The summed E-state index contributed by atoms with van der Waals surface area (Å²) in [7, 11) is 0. The van der Waals surface area contributed by atoms with E-state index in [2.05, 4.69) is 75.4 Å². The van der Waals surface area contributed by atoms with Gasteiger partial charge in [0.2, 0.25) is 0 Å². The summed E-state index contributed by atoms with van der Waals surface area (Å²) in [4.78, 5) is 27.8. The average Bonchev–Trinajstić information content (AvgIpc) is 3.61. The van der Waals surface area contributed by atoms with Crippen molar-refractivity contribution in [1.82, 2.24) is 9.88 Å². The number of rotatable bonds is 6. The van der Waals surface area contributed by atoms with E-state index in [9.17, 15) is 9.59 Å². The first-order valence-electron chi connectivity index (χ1n) is 13.4. The van der Waals surface area contributed by atoms with E-state index < -0.39 is 11.9 Å². The number of carboxylic acids is 2. The van der Waals surface area contributed by atoms with Gasteiger partial charge in [0.1, 0.15) is 6.10 Å². The number of H-pyrrole nitrogens is 1. The van der Waals surface area contributed by atoms with Crippen LogP contribution in [0.25, 0.3) is 10.9 Å². The minimum absolute atomic E-state index is 0.379. The molecular formula is C30H35N3O5. The predicted molar refractivity (Wildman–Crippen MR) is 147 cm³/mol. The molecule has 8 heteroatoms. The van der Waals surface area contributed by atoms with Gasteiger partial charge in [-0.3, -0.25) is 4.90 Å². The number of aliphatic carboxylic acids is 2. The largest absolute Gasteiger partial charge is 0.478 e. The zero-order valence-corrected chi connectivity index (χ0v) is 21.4. The van der Waals surface area contributed by atoms with E-state index in [1.165, 1.54) is 55.4 Å². The van der Waals surface area contributed by atoms with Crippen molar-refractivity contribution in [2.24, 2.45) is 11.8 Å². The Bertz CT molecular complexity index is 1200. The number of para-hydroxylation sites is 2. The van der Waals surface area contributed by atoms with Crippen molar-refractivity contribution in [3.05, 3.63) is 72.8 Å². The van der Waals surface area contributed by atoms with Crippen molar-refractivity contribution in [2.75, 3.05) is 31.1 Å². The van der Waals surface area contributed by atoms with Gasteiger partial charge < -0.3 is 24.8 Å². The molecule has 3 aliphatic rings. The highest BCUT2D eigenvalue weighted by Crippen LogP contribution is 2.47. The van der Waals surface area contributed by atoms with E-state index in [1.54, 1.807) is 0 Å². The third-order valence-electron chi connectivity index (χ3n) is 8.07. The van der Waals surface area contributed by atoms with Gasteiger partial charge in [-0.1, -0.05) is 36.4 Å². The molecule has 2 aliphatic carbocycles. The summed E-state index contributed by atoms with van der Waals surface area (Å²) in [5.74, 6) is 0.114. The Hall–Kier alpha value is -3.78. The molecule has 6 rings (SSSR count). The lowest BCUT2D eigenvalue weighted by molar-refractivity contribution is -0.134. The zero-order valence-electron chi connectivity index (χ0n) is 21.4. The highest BCUT2D eigenvalue weighted by Gasteiger charge is 2.44. The van der Waals surface area contributed by atoms with Crippen molar-refractivity contribution < 1.29 is 24.5 Å². The van der Waals surface area contributed by atoms with Crippen molar-refractivity contribution in [2.45, 2.75) is 37.8 Å². The molecule has 1 aromatic heterocycles. The van der Waals surface area contributed by atoms with Gasteiger partial charge in [0.05, 0.1) is 0 Å². The lowest BCUT2D eigenvalue weighted by Crippen LogP contribution is -2.50. The first kappa shape index (κ1) is 25.9. The standard InChI is InChI=1S/C26H31N3O.C4H4O4/c1-2-7-22(8-3-1)28-10-12-29(13-11-28)23-14-20-16-24(17-21(20)15-23)30-26-18-19-6-4-5-9-25(19)27-26;5-3(6)1-2-4(7)8/h1-9,18,20-21,23-24,27H,10-17H2;1-2H,(H,5,6)(H,7,8)/b;2-1+. The highest BCUT2D eigenvalue weighted by molar-refractivity contribution is 5.89. The molecule has 2 saturated carbocycles. The topological polar surface area (TPSA) is 106 Å². The van der Waals surface area contributed by atoms with Crippen LogP contribution in [-0.2, 0) is 9.59 Å². The maximum Gasteiger partial charge on any atom is 0.328 e. The Labute approximate surface area is 222 Å². The van der Waals surface area contributed by atoms with Crippen LogP contribution in [0.4, 0.5) is 5.69 Å². The Balaban J connectivity index is 0.000000323. The number of hydrogen-bond acceptors (Lipinski definition) is 5. The van der Waals surface area contributed by atoms with E-state index in [-0.39, 0.29) is 0 Å². The van der Waals surface area contributed by atoms with E-state index >= 15 is 0 Å². The summed E-state index contributed by atoms with van der Waals surface area (Å²) in [5, 5.41) is 16.9. The van der Waals surface area contributed by atoms with Gasteiger partial charge >= 0.3 is 11.9 Å². The first-order chi connectivity index (χ1) is 18.4. The number of fused-ring (bicyclic) bond motifs is 2. The molecule has 0 amide bonds. The van der Waals surface area contributed by atoms with Crippen LogP contribution in [0, 0.1) is 11.8 Å². The van der Waals surface area contributed by atoms with Crippen LogP contribution in [0.15, 0.2) is 72.8 Å². The summed E-state index contributed by atoms with van der Waals surface area (Å²) in [6.45, 7) is 4.71. The number of aromatic nitrogens is 1. The van der Waals surface area contributed by atoms with Gasteiger partial charge in [0.15, 0.2) is 5.88 Å². The van der Waals surface area contributed by atoms with Gasteiger partial charge in [0, 0.05) is 67.0 Å². The normalized spacial score (nSPS) is 25.2. The summed E-state index contributed by atoms with van der Waals surface area (Å²) in [5.41, 5.74) is 2.54. The fourth-order valence-corrected chi connectivity index (χ4v) is 6.34. The Morgan fingerprint density at radius 1 is 0.816 bits per heavy atom. The van der Waals surface area contributed by atoms with Gasteiger partial charge in [-0.15, -0.1) is 0 Å². The van der Waals surface area contributed by atoms with Crippen molar-refractivity contribution in [1.29, 1.82) is 0 Å². The fraction of sp³-hybridized carbons (Fsp3) is 0.400. The number of piperazine rings is 1. The van der Waals surface area contributed by atoms with Gasteiger partial charge in [-0.05, 0) is 55.7 Å². The number of carbonyl (C=O) groups is 2. The lowest BCUT2D eigenvalue weighted by atomic mass is 10.0. The van der Waals surface area contributed by atoms with Crippen molar-refractivity contribution in [3.63, 3.8) is 0 Å². The van der Waals surface area contributed by atoms with Gasteiger partial charge in [-0.25, -0.2) is 9.59 Å². The molecule has 0 spiro atoms. The molecule has 2 unspecified atom stereocenters. The van der Waals surface area contributed by atoms with Gasteiger partial charge in [-0.2, -0.15) is 0 Å². The van der Waals surface area contributed by atoms with Crippen molar-refractivity contribution in [3.8, 4) is 5.88 Å². The van der Waals surface area contributed by atoms with Crippen LogP contribution < -0.4 is 9.64 Å². The minimum Gasteiger partial charge on any atom is -0.478 e. The van der Waals surface area contributed by atoms with Crippen LogP contribution >= 0.6 is 0 Å². The Morgan fingerprint density at radius 2 is 1.42 bits per heavy atom. The second kappa shape index (κ2) is 11.7. The predicted octanol–water partition coefficient (Wildman–Crippen LogP) is 4.64. The number of nitrogens with zero attached hydrogens (tertiary/aromatic N) is 2. The smallest absolute Gasteiger partial charge is 0.328 e. The SMILES string of the molecule is O=C(O)/C=C/C(=O)O.c1ccc(N2CCN(C3CC4CC(Oc5cc6ccccc6[nH]5)CC4C3)CC2)cc1. The number of aromatic amines is 1. The molecule has 2 heterocycles. The molecule has 1 saturated heterocycles. The molecule has 0 radical (unpaired) electrons. The molecule has 1 aliphatic heterocycles. The van der Waals surface area contributed by atoms with Crippen LogP contribution in [-0.4, -0.2) is 70.4 Å². The summed E-state index contributed by atoms with van der Waals surface area (Å²) in [6.07, 6.45) is 6.67. The van der Waals surface area contributed by atoms with Crippen LogP contribution in [0.5, 0.6) is 5.88 Å². The van der Waals surface area contributed by atoms with E-state index in [4.69, 9.17) is 14.9 Å². The average molecular weight is 518 g/mol. The number of hydrogen-bond donors (Lipinski definition) is 3. The maximum atomic E-state index is 9.55. The lowest BCUT2D eigenvalue weighted by Gasteiger charge is -2.39. The third kappa shape index (κ3) is 6.37. The number of ether oxygens (including phenoxy) is 1. The fourth-order valence-electron chi connectivity index (χ4n) is 6.34. The third-order valence-corrected chi connectivity index (χ3v) is 8.07. The summed E-state index contributed by atoms with van der Waals surface area (Å²) < 4.78 is 6.36. The molecule has 38 heavy (non-hydrogen) atoms. The van der Waals surface area contributed by atoms with Crippen molar-refractivity contribution >= 4 is 28.5 Å². The van der Waals surface area contributed by atoms with E-state index in [0.717, 1.165) is 36.8 Å². The zero-order chi connectivity index (χ0) is 26.5. The quantitative estimate of drug-likeness (QED) is 0.409. The molecule has 0 bridgehead atoms. The molecule has 3 fully saturated rings. The molecule has 2 atom stereocenters. The first-order valence-corrected chi connectivity index (χ1v) is 13.4. The number of nitrogens with one attached hydrogen (secondary N) is 1. The van der Waals surface area contributed by atoms with Gasteiger partial charge in [0.25, 0.3) is 0 Å². The maximum absolute atomic E-state index is 9.55.